The van der Waals surface area contributed by atoms with Gasteiger partial charge in [0, 0.05) is 33.7 Å². The molecular formula is C22H22BrF9N17NaO2S2. The van der Waals surface area contributed by atoms with Crippen LogP contribution in [0.4, 0.5) is 57.0 Å². The van der Waals surface area contributed by atoms with Crippen molar-refractivity contribution in [1.82, 2.24) is 15.0 Å². The minimum atomic E-state index is -4.49. The summed E-state index contributed by atoms with van der Waals surface area (Å²) in [6.45, 7) is 0. The Morgan fingerprint density at radius 3 is 1.63 bits per heavy atom. The number of ether oxygens (including phenoxy) is 1. The molecule has 0 spiro atoms. The van der Waals surface area contributed by atoms with Gasteiger partial charge in [0.15, 0.2) is 0 Å². The van der Waals surface area contributed by atoms with Crippen LogP contribution in [-0.2, 0) is 40.7 Å². The third kappa shape index (κ3) is 21.9. The van der Waals surface area contributed by atoms with Crippen molar-refractivity contribution in [1.29, 1.82) is 5.53 Å². The smallest absolute Gasteiger partial charge is 0.779 e. The first-order valence-electron chi connectivity index (χ1n) is 12.7. The fourth-order valence-corrected chi connectivity index (χ4v) is 4.45. The summed E-state index contributed by atoms with van der Waals surface area (Å²) in [6.07, 6.45) is -11.3. The Labute approximate surface area is 336 Å². The van der Waals surface area contributed by atoms with Gasteiger partial charge in [0.1, 0.15) is 17.5 Å². The minimum Gasteiger partial charge on any atom is -0.779 e. The van der Waals surface area contributed by atoms with Gasteiger partial charge in [-0.1, -0.05) is 5.22 Å². The molecule has 0 aliphatic rings. The number of hydrogen-bond donors (Lipinski definition) is 5. The molecule has 0 aromatic carbocycles. The molecule has 3 rings (SSSR count). The number of aromatic nitrogens is 3. The van der Waals surface area contributed by atoms with Crippen LogP contribution in [0.5, 0.6) is 0 Å². The first kappa shape index (κ1) is 51.6. The maximum atomic E-state index is 12.6. The molecule has 19 nitrogen and oxygen atoms in total. The Bertz CT molecular complexity index is 1690. The van der Waals surface area contributed by atoms with E-state index in [9.17, 15) is 44.3 Å². The molecule has 290 valence electrons. The third-order valence-corrected chi connectivity index (χ3v) is 6.74. The Hall–Kier alpha value is -4.46. The Balaban J connectivity index is 0. The summed E-state index contributed by atoms with van der Waals surface area (Å²) in [4.78, 5) is 20.5. The molecule has 3 aromatic rings. The number of anilines is 3. The molecule has 0 fully saturated rings. The SMILES string of the molecule is COC(=O)CCSc1cc(N)ncc1C(F)(F)F.N=N/N=N/N=N/N=N/N=N/N.Nc1cc(Br)c(C(F)(F)F)cn1.Nc1cc([S-])c(C(F)(F)F)cn1.[Na+]. The normalized spacial score (nSPS) is 11.5. The summed E-state index contributed by atoms with van der Waals surface area (Å²) in [5.41, 5.74) is 19.1. The first-order valence-corrected chi connectivity index (χ1v) is 14.9. The van der Waals surface area contributed by atoms with Crippen LogP contribution in [0.1, 0.15) is 23.1 Å². The van der Waals surface area contributed by atoms with Gasteiger partial charge in [-0.15, -0.1) is 11.8 Å². The topological polar surface area (TPSA) is 304 Å². The van der Waals surface area contributed by atoms with E-state index in [0.29, 0.717) is 18.6 Å². The maximum Gasteiger partial charge on any atom is 1.00 e. The van der Waals surface area contributed by atoms with E-state index in [0.717, 1.165) is 30.0 Å². The van der Waals surface area contributed by atoms with Crippen LogP contribution in [0, 0.1) is 5.53 Å². The Kier molecular flexibility index (Phi) is 24.4. The number of alkyl halides is 9. The number of nitrogens with two attached hydrogens (primary N) is 4. The molecule has 0 bridgehead atoms. The largest absolute Gasteiger partial charge is 1.00 e. The van der Waals surface area contributed by atoms with Gasteiger partial charge in [-0.05, 0) is 75.9 Å². The second-order valence-electron chi connectivity index (χ2n) is 8.31. The van der Waals surface area contributed by atoms with Crippen molar-refractivity contribution in [2.45, 2.75) is 34.7 Å². The zero-order valence-electron chi connectivity index (χ0n) is 27.0. The molecule has 0 amide bonds. The van der Waals surface area contributed by atoms with E-state index in [1.807, 2.05) is 0 Å². The summed E-state index contributed by atoms with van der Waals surface area (Å²) in [5.74, 6) is 4.29. The van der Waals surface area contributed by atoms with Crippen molar-refractivity contribution in [2.75, 3.05) is 30.1 Å². The number of rotatable bonds is 8. The van der Waals surface area contributed by atoms with E-state index in [1.165, 1.54) is 7.11 Å². The first-order chi connectivity index (χ1) is 24.6. The molecule has 0 aliphatic carbocycles. The number of esters is 1. The fourth-order valence-electron chi connectivity index (χ4n) is 2.58. The van der Waals surface area contributed by atoms with Crippen molar-refractivity contribution in [3.8, 4) is 0 Å². The van der Waals surface area contributed by atoms with Crippen LogP contribution < -0.4 is 52.6 Å². The molecule has 3 heterocycles. The zero-order chi connectivity index (χ0) is 40.8. The molecule has 0 atom stereocenters. The molecule has 54 heavy (non-hydrogen) atoms. The number of nitrogens with one attached hydrogen (secondary N) is 1. The molecule has 0 saturated heterocycles. The second kappa shape index (κ2) is 25.5. The van der Waals surface area contributed by atoms with Gasteiger partial charge in [-0.25, -0.2) is 15.0 Å². The summed E-state index contributed by atoms with van der Waals surface area (Å²) in [6, 6.07) is 3.27. The van der Waals surface area contributed by atoms with Gasteiger partial charge in [0.25, 0.3) is 0 Å². The third-order valence-electron chi connectivity index (χ3n) is 4.69. The predicted octanol–water partition coefficient (Wildman–Crippen LogP) is 4.74. The zero-order valence-corrected chi connectivity index (χ0v) is 32.2. The van der Waals surface area contributed by atoms with Crippen molar-refractivity contribution in [3.05, 3.63) is 58.0 Å². The van der Waals surface area contributed by atoms with Crippen LogP contribution in [-0.4, -0.2) is 33.8 Å². The Morgan fingerprint density at radius 2 is 1.20 bits per heavy atom. The second-order valence-corrected chi connectivity index (χ2v) is 10.7. The summed E-state index contributed by atoms with van der Waals surface area (Å²) in [7, 11) is 1.22. The van der Waals surface area contributed by atoms with Gasteiger partial charge in [-0.2, -0.15) is 49.9 Å². The van der Waals surface area contributed by atoms with Crippen molar-refractivity contribution < 1.29 is 78.6 Å². The van der Waals surface area contributed by atoms with Crippen molar-refractivity contribution in [3.63, 3.8) is 0 Å². The fraction of sp³-hybridized carbons (Fsp3) is 0.273. The molecule has 0 unspecified atom stereocenters. The molecule has 9 N–H and O–H groups in total. The van der Waals surface area contributed by atoms with E-state index in [2.05, 4.69) is 101 Å². The number of methoxy groups -OCH3 is 1. The maximum absolute atomic E-state index is 12.6. The number of carbonyl (C=O) groups excluding carboxylic acids is 1. The van der Waals surface area contributed by atoms with E-state index < -0.39 is 41.2 Å². The standard InChI is InChI=1S/C10H11F3N2O2S.C6H4BrF3N2.C6H5F3N2S.H3N11.Na/c1-17-9(16)2-3-18-7-4-8(14)15-5-6(7)10(11,12)13;7-4-1-5(11)12-2-3(4)6(8,9)10;7-6(8,9)3-2-11-5(10)1-4(3)12;1-3-5-7-9-11-10-8-6-4-2;/h4-5H,2-3H2,1H3,(H2,14,15);1-2H,(H2,11,12);1-2H,(H3,10,11,12);(H3,1,2,5,6,9,10);/q;;;;+1/p-1. The van der Waals surface area contributed by atoms with Gasteiger partial charge < -0.3 is 40.4 Å². The molecular weight excluding hydrogens is 872 g/mol. The van der Waals surface area contributed by atoms with Crippen LogP contribution in [0.15, 0.2) is 98.1 Å². The summed E-state index contributed by atoms with van der Waals surface area (Å²) >= 11 is 8.08. The average Bonchev–Trinajstić information content (AvgIpc) is 3.03. The number of nitrogen functional groups attached to an aromatic ring is 3. The monoisotopic (exact) mass is 893 g/mol. The van der Waals surface area contributed by atoms with Crippen molar-refractivity contribution in [2.24, 2.45) is 52.9 Å². The van der Waals surface area contributed by atoms with E-state index in [4.69, 9.17) is 22.7 Å². The van der Waals surface area contributed by atoms with Gasteiger partial charge in [-0.3, -0.25) is 4.79 Å². The van der Waals surface area contributed by atoms with E-state index >= 15 is 0 Å². The predicted molar refractivity (Wildman–Crippen MR) is 170 cm³/mol. The van der Waals surface area contributed by atoms with E-state index in [-0.39, 0.29) is 73.4 Å². The molecule has 3 aromatic heterocycles. The molecule has 32 heteroatoms. The van der Waals surface area contributed by atoms with Gasteiger partial charge >= 0.3 is 54.1 Å². The quantitative estimate of drug-likeness (QED) is 0.0301. The summed E-state index contributed by atoms with van der Waals surface area (Å²) < 4.78 is 115. The molecule has 0 radical (unpaired) electrons. The van der Waals surface area contributed by atoms with Crippen LogP contribution in [0.2, 0.25) is 0 Å². The number of hydrogen-bond acceptors (Lipinski definition) is 12. The number of halogens is 10. The van der Waals surface area contributed by atoms with Gasteiger partial charge in [0.05, 0.1) is 30.2 Å². The number of thioether (sulfide) groups is 1. The van der Waals surface area contributed by atoms with Gasteiger partial charge in [0.2, 0.25) is 0 Å². The van der Waals surface area contributed by atoms with Crippen LogP contribution >= 0.6 is 27.7 Å². The van der Waals surface area contributed by atoms with Crippen molar-refractivity contribution >= 4 is 63.7 Å². The number of pyridine rings is 3. The number of carbonyl (C=O) groups is 1. The summed E-state index contributed by atoms with van der Waals surface area (Å²) in [5, 5.41) is 25.4. The minimum absolute atomic E-state index is 0. The molecule has 0 aliphatic heterocycles. The number of nitrogens with zero attached hydrogens (tertiary/aromatic N) is 12. The Morgan fingerprint density at radius 1 is 0.778 bits per heavy atom. The molecule has 0 saturated carbocycles. The average molecular weight is 895 g/mol. The van der Waals surface area contributed by atoms with Crippen LogP contribution in [0.3, 0.4) is 0 Å². The van der Waals surface area contributed by atoms with Crippen LogP contribution in [0.25, 0.3) is 0 Å². The van der Waals surface area contributed by atoms with E-state index in [1.54, 1.807) is 0 Å².